The standard InChI is InChI=1S/C17H24N2O3/c1-11-6-7-13-10-12(2)16(14(13)9-11)18-17(20)19-22-15-5-3-4-8-21-15/h6-7,9,12,15-16H,3-5,8,10H2,1-2H3,(H2,18,19,20)/t12-,15-,16-/m1/s1. The van der Waals surface area contributed by atoms with Crippen molar-refractivity contribution in [3.05, 3.63) is 34.9 Å². The summed E-state index contributed by atoms with van der Waals surface area (Å²) in [7, 11) is 0. The van der Waals surface area contributed by atoms with Gasteiger partial charge in [-0.15, -0.1) is 0 Å². The first kappa shape index (κ1) is 15.3. The molecule has 1 aromatic carbocycles. The topological polar surface area (TPSA) is 59.6 Å². The number of hydrogen-bond acceptors (Lipinski definition) is 3. The number of fused-ring (bicyclic) bond motifs is 1. The number of hydrogen-bond donors (Lipinski definition) is 2. The van der Waals surface area contributed by atoms with Crippen molar-refractivity contribution < 1.29 is 14.4 Å². The van der Waals surface area contributed by atoms with E-state index < -0.39 is 0 Å². The van der Waals surface area contributed by atoms with Crippen LogP contribution in [0, 0.1) is 12.8 Å². The predicted molar refractivity (Wildman–Crippen MR) is 83.1 cm³/mol. The van der Waals surface area contributed by atoms with Gasteiger partial charge < -0.3 is 10.1 Å². The van der Waals surface area contributed by atoms with Gasteiger partial charge in [-0.25, -0.2) is 15.1 Å². The second-order valence-electron chi connectivity index (χ2n) is 6.35. The van der Waals surface area contributed by atoms with E-state index in [0.717, 1.165) is 25.7 Å². The Labute approximate surface area is 131 Å². The zero-order valence-corrected chi connectivity index (χ0v) is 13.2. The second-order valence-corrected chi connectivity index (χ2v) is 6.35. The second kappa shape index (κ2) is 6.67. The molecule has 120 valence electrons. The average molecular weight is 304 g/mol. The van der Waals surface area contributed by atoms with Gasteiger partial charge in [-0.2, -0.15) is 0 Å². The minimum atomic E-state index is -0.324. The lowest BCUT2D eigenvalue weighted by molar-refractivity contribution is -0.186. The highest BCUT2D eigenvalue weighted by Crippen LogP contribution is 2.36. The first-order chi connectivity index (χ1) is 10.6. The number of aryl methyl sites for hydroxylation is 1. The molecule has 0 aromatic heterocycles. The van der Waals surface area contributed by atoms with Crippen LogP contribution in [-0.4, -0.2) is 18.9 Å². The zero-order chi connectivity index (χ0) is 15.5. The van der Waals surface area contributed by atoms with Crippen LogP contribution in [0.4, 0.5) is 4.79 Å². The lowest BCUT2D eigenvalue weighted by atomic mass is 10.0. The molecular weight excluding hydrogens is 280 g/mol. The van der Waals surface area contributed by atoms with Crippen LogP contribution >= 0.6 is 0 Å². The van der Waals surface area contributed by atoms with Gasteiger partial charge in [0.1, 0.15) is 0 Å². The van der Waals surface area contributed by atoms with E-state index in [9.17, 15) is 4.79 Å². The Hall–Kier alpha value is -1.59. The monoisotopic (exact) mass is 304 g/mol. The Morgan fingerprint density at radius 2 is 2.23 bits per heavy atom. The number of ether oxygens (including phenoxy) is 1. The lowest BCUT2D eigenvalue weighted by Crippen LogP contribution is -2.41. The summed E-state index contributed by atoms with van der Waals surface area (Å²) < 4.78 is 5.43. The van der Waals surface area contributed by atoms with Crippen molar-refractivity contribution in [3.8, 4) is 0 Å². The molecule has 2 aliphatic rings. The normalized spacial score (nSPS) is 27.3. The minimum absolute atomic E-state index is 0.0331. The summed E-state index contributed by atoms with van der Waals surface area (Å²) in [6.07, 6.45) is 3.62. The molecule has 0 bridgehead atoms. The van der Waals surface area contributed by atoms with Crippen molar-refractivity contribution in [3.63, 3.8) is 0 Å². The molecule has 1 fully saturated rings. The molecule has 2 N–H and O–H groups in total. The van der Waals surface area contributed by atoms with Gasteiger partial charge in [0.25, 0.3) is 0 Å². The van der Waals surface area contributed by atoms with Crippen LogP contribution in [0.2, 0.25) is 0 Å². The molecule has 1 saturated heterocycles. The van der Waals surface area contributed by atoms with Gasteiger partial charge in [-0.05, 0) is 43.2 Å². The molecule has 0 unspecified atom stereocenters. The first-order valence-electron chi connectivity index (χ1n) is 8.06. The number of nitrogens with one attached hydrogen (secondary N) is 2. The molecule has 3 rings (SSSR count). The fraction of sp³-hybridized carbons (Fsp3) is 0.588. The minimum Gasteiger partial charge on any atom is -0.350 e. The molecule has 1 aliphatic heterocycles. The number of urea groups is 1. The van der Waals surface area contributed by atoms with Gasteiger partial charge in [0, 0.05) is 13.0 Å². The van der Waals surface area contributed by atoms with E-state index in [4.69, 9.17) is 9.57 Å². The SMILES string of the molecule is Cc1ccc2c(c1)[C@H](NC(=O)NO[C@@H]1CCCCO1)[C@H](C)C2. The number of amides is 2. The van der Waals surface area contributed by atoms with Crippen LogP contribution in [0.1, 0.15) is 48.9 Å². The van der Waals surface area contributed by atoms with Gasteiger partial charge in [0.05, 0.1) is 6.04 Å². The molecule has 1 aliphatic carbocycles. The van der Waals surface area contributed by atoms with Gasteiger partial charge >= 0.3 is 6.03 Å². The van der Waals surface area contributed by atoms with E-state index in [1.54, 1.807) is 0 Å². The van der Waals surface area contributed by atoms with E-state index in [0.29, 0.717) is 12.5 Å². The van der Waals surface area contributed by atoms with E-state index in [2.05, 4.69) is 42.8 Å². The van der Waals surface area contributed by atoms with Gasteiger partial charge in [0.2, 0.25) is 0 Å². The van der Waals surface area contributed by atoms with Crippen molar-refractivity contribution in [1.29, 1.82) is 0 Å². The number of benzene rings is 1. The predicted octanol–water partition coefficient (Wildman–Crippen LogP) is 2.99. The third-order valence-corrected chi connectivity index (χ3v) is 4.45. The van der Waals surface area contributed by atoms with Gasteiger partial charge in [0.15, 0.2) is 6.29 Å². The number of carbonyl (C=O) groups is 1. The Bertz CT molecular complexity index is 541. The molecule has 5 heteroatoms. The molecule has 0 radical (unpaired) electrons. The molecule has 22 heavy (non-hydrogen) atoms. The first-order valence-corrected chi connectivity index (χ1v) is 8.06. The summed E-state index contributed by atoms with van der Waals surface area (Å²) in [6, 6.07) is 6.17. The highest BCUT2D eigenvalue weighted by molar-refractivity contribution is 5.73. The number of hydroxylamine groups is 1. The fourth-order valence-corrected chi connectivity index (χ4v) is 3.28. The van der Waals surface area contributed by atoms with Crippen LogP contribution in [0.5, 0.6) is 0 Å². The van der Waals surface area contributed by atoms with Gasteiger partial charge in [-0.3, -0.25) is 0 Å². The van der Waals surface area contributed by atoms with Crippen LogP contribution in [0.3, 0.4) is 0 Å². The molecule has 1 heterocycles. The fourth-order valence-electron chi connectivity index (χ4n) is 3.28. The molecule has 2 amide bonds. The third kappa shape index (κ3) is 3.42. The number of carbonyl (C=O) groups excluding carboxylic acids is 1. The van der Waals surface area contributed by atoms with Crippen molar-refractivity contribution in [1.82, 2.24) is 10.8 Å². The van der Waals surface area contributed by atoms with Crippen LogP contribution < -0.4 is 10.8 Å². The van der Waals surface area contributed by atoms with Crippen molar-refractivity contribution >= 4 is 6.03 Å². The number of rotatable bonds is 3. The van der Waals surface area contributed by atoms with E-state index >= 15 is 0 Å². The van der Waals surface area contributed by atoms with Crippen molar-refractivity contribution in [2.24, 2.45) is 5.92 Å². The van der Waals surface area contributed by atoms with E-state index in [-0.39, 0.29) is 18.4 Å². The van der Waals surface area contributed by atoms with Crippen LogP contribution in [0.25, 0.3) is 0 Å². The molecule has 3 atom stereocenters. The highest BCUT2D eigenvalue weighted by atomic mass is 16.8. The van der Waals surface area contributed by atoms with E-state index in [1.807, 2.05) is 0 Å². The average Bonchev–Trinajstić information content (AvgIpc) is 2.82. The zero-order valence-electron chi connectivity index (χ0n) is 13.2. The third-order valence-electron chi connectivity index (χ3n) is 4.45. The maximum atomic E-state index is 12.1. The molecule has 0 spiro atoms. The maximum Gasteiger partial charge on any atom is 0.339 e. The summed E-state index contributed by atoms with van der Waals surface area (Å²) in [6.45, 7) is 4.93. The Morgan fingerprint density at radius 3 is 3.00 bits per heavy atom. The molecule has 1 aromatic rings. The summed E-state index contributed by atoms with van der Waals surface area (Å²) in [5.74, 6) is 0.383. The molecular formula is C17H24N2O3. The summed E-state index contributed by atoms with van der Waals surface area (Å²) in [5.41, 5.74) is 6.22. The van der Waals surface area contributed by atoms with Crippen molar-refractivity contribution in [2.45, 2.75) is 51.9 Å². The summed E-state index contributed by atoms with van der Waals surface area (Å²) in [5, 5.41) is 3.02. The maximum absolute atomic E-state index is 12.1. The quantitative estimate of drug-likeness (QED) is 0.844. The summed E-state index contributed by atoms with van der Waals surface area (Å²) in [4.78, 5) is 17.4. The highest BCUT2D eigenvalue weighted by Gasteiger charge is 2.30. The van der Waals surface area contributed by atoms with E-state index in [1.165, 1.54) is 16.7 Å². The largest absolute Gasteiger partial charge is 0.350 e. The van der Waals surface area contributed by atoms with Crippen LogP contribution in [-0.2, 0) is 16.0 Å². The summed E-state index contributed by atoms with van der Waals surface area (Å²) >= 11 is 0. The van der Waals surface area contributed by atoms with Crippen molar-refractivity contribution in [2.75, 3.05) is 6.61 Å². The Morgan fingerprint density at radius 1 is 1.36 bits per heavy atom. The smallest absolute Gasteiger partial charge is 0.339 e. The molecule has 5 nitrogen and oxygen atoms in total. The van der Waals surface area contributed by atoms with Gasteiger partial charge in [-0.1, -0.05) is 30.7 Å². The lowest BCUT2D eigenvalue weighted by Gasteiger charge is -2.24. The van der Waals surface area contributed by atoms with Crippen LogP contribution in [0.15, 0.2) is 18.2 Å². The Balaban J connectivity index is 1.56. The Kier molecular flexibility index (Phi) is 4.64. The molecule has 0 saturated carbocycles.